The largest absolute Gasteiger partial charge is 0.497 e. The molecule has 0 bridgehead atoms. The first-order valence-corrected chi connectivity index (χ1v) is 15.1. The number of nitrogens with zero attached hydrogens (tertiary/aromatic N) is 6. The van der Waals surface area contributed by atoms with E-state index in [-0.39, 0.29) is 31.7 Å². The molecule has 2 aliphatic rings. The van der Waals surface area contributed by atoms with E-state index >= 15 is 0 Å². The van der Waals surface area contributed by atoms with Gasteiger partial charge in [-0.3, -0.25) is 9.59 Å². The zero-order valence-electron chi connectivity index (χ0n) is 26.0. The molecule has 5 rings (SSSR count). The van der Waals surface area contributed by atoms with Crippen molar-refractivity contribution in [1.29, 1.82) is 5.26 Å². The van der Waals surface area contributed by atoms with Crippen LogP contribution in [0.25, 0.3) is 0 Å². The lowest BCUT2D eigenvalue weighted by molar-refractivity contribution is -0.143. The van der Waals surface area contributed by atoms with Gasteiger partial charge in [0.05, 0.1) is 38.6 Å². The Balaban J connectivity index is 1.20. The van der Waals surface area contributed by atoms with Gasteiger partial charge in [-0.25, -0.2) is 9.67 Å². The van der Waals surface area contributed by atoms with Gasteiger partial charge in [-0.1, -0.05) is 12.1 Å². The van der Waals surface area contributed by atoms with Gasteiger partial charge in [0.1, 0.15) is 29.8 Å². The first kappa shape index (κ1) is 33.7. The summed E-state index contributed by atoms with van der Waals surface area (Å²) in [7, 11) is 2.84. The summed E-state index contributed by atoms with van der Waals surface area (Å²) in [6.45, 7) is 1.29. The van der Waals surface area contributed by atoms with Crippen LogP contribution in [0.5, 0.6) is 11.5 Å². The molecule has 0 aliphatic carbocycles. The average molecular weight is 657 g/mol. The summed E-state index contributed by atoms with van der Waals surface area (Å²) in [6.07, 6.45) is -2.58. The highest BCUT2D eigenvalue weighted by atomic mass is 19.4. The van der Waals surface area contributed by atoms with Crippen LogP contribution in [0.15, 0.2) is 53.6 Å². The Labute approximate surface area is 269 Å². The lowest BCUT2D eigenvalue weighted by Gasteiger charge is -2.37. The number of aromatic nitrogens is 3. The molecule has 47 heavy (non-hydrogen) atoms. The van der Waals surface area contributed by atoms with Gasteiger partial charge in [0.15, 0.2) is 11.3 Å². The highest BCUT2D eigenvalue weighted by Gasteiger charge is 2.41. The molecule has 3 aromatic rings. The molecular formula is C32H35F3N6O6. The summed E-state index contributed by atoms with van der Waals surface area (Å²) in [5.41, 5.74) is -1.81. The number of rotatable bonds is 12. The number of ether oxygens (including phenoxy) is 4. The molecule has 1 aromatic carbocycles. The number of pyridine rings is 1. The SMILES string of the molecule is COCC(COC1CCN(C2CCN(c3ccc(C#N)cn3)CC2)C1=O)Oc1cnn(Cc2ccc(OC)cc2)c(=O)c1C(F)(F)F. The molecule has 12 nitrogen and oxygen atoms in total. The van der Waals surface area contributed by atoms with Crippen molar-refractivity contribution < 1.29 is 36.9 Å². The smallest absolute Gasteiger partial charge is 0.425 e. The van der Waals surface area contributed by atoms with Crippen molar-refractivity contribution in [3.63, 3.8) is 0 Å². The minimum Gasteiger partial charge on any atom is -0.497 e. The molecule has 4 heterocycles. The molecule has 2 atom stereocenters. The number of benzene rings is 1. The number of anilines is 1. The van der Waals surface area contributed by atoms with Gasteiger partial charge in [-0.15, -0.1) is 0 Å². The number of likely N-dealkylation sites (tertiary alicyclic amines) is 1. The molecule has 0 spiro atoms. The van der Waals surface area contributed by atoms with Gasteiger partial charge in [-0.05, 0) is 42.7 Å². The molecule has 1 amide bonds. The van der Waals surface area contributed by atoms with E-state index in [1.807, 2.05) is 6.07 Å². The first-order valence-electron chi connectivity index (χ1n) is 15.1. The molecular weight excluding hydrogens is 621 g/mol. The monoisotopic (exact) mass is 656 g/mol. The average Bonchev–Trinajstić information content (AvgIpc) is 3.44. The summed E-state index contributed by atoms with van der Waals surface area (Å²) in [5.74, 6) is 0.405. The molecule has 2 fully saturated rings. The quantitative estimate of drug-likeness (QED) is 0.286. The summed E-state index contributed by atoms with van der Waals surface area (Å²) in [5, 5.41) is 12.9. The van der Waals surface area contributed by atoms with Gasteiger partial charge in [-0.2, -0.15) is 23.5 Å². The van der Waals surface area contributed by atoms with Crippen LogP contribution >= 0.6 is 0 Å². The maximum absolute atomic E-state index is 14.1. The number of hydrogen-bond donors (Lipinski definition) is 0. The van der Waals surface area contributed by atoms with Crippen LogP contribution in [0, 0.1) is 11.3 Å². The Bertz CT molecular complexity index is 1620. The molecule has 0 N–H and O–H groups in total. The number of amides is 1. The molecule has 2 aromatic heterocycles. The van der Waals surface area contributed by atoms with Crippen molar-refractivity contribution in [3.8, 4) is 17.6 Å². The van der Waals surface area contributed by atoms with E-state index in [9.17, 15) is 22.8 Å². The van der Waals surface area contributed by atoms with E-state index in [2.05, 4.69) is 21.1 Å². The standard InChI is InChI=1S/C32H35F3N6O6/c1-44-19-25(47-27-17-38-41(31(43)29(27)32(33,34)35)18-21-3-6-24(45-2)7-4-21)20-46-26-11-14-40(30(26)42)23-9-12-39(13-10-23)28-8-5-22(15-36)16-37-28/h3-8,16-17,23,25-26H,9-14,18-20H2,1-2H3. The number of hydrogen-bond acceptors (Lipinski definition) is 10. The summed E-state index contributed by atoms with van der Waals surface area (Å²) >= 11 is 0. The normalized spacial score (nSPS) is 17.9. The number of alkyl halides is 3. The molecule has 2 unspecified atom stereocenters. The lowest BCUT2D eigenvalue weighted by atomic mass is 10.0. The topological polar surface area (TPSA) is 132 Å². The number of halogens is 3. The van der Waals surface area contributed by atoms with Crippen LogP contribution in [0.3, 0.4) is 0 Å². The fourth-order valence-electron chi connectivity index (χ4n) is 5.78. The van der Waals surface area contributed by atoms with Crippen molar-refractivity contribution in [3.05, 3.63) is 75.8 Å². The molecule has 250 valence electrons. The number of carbonyl (C=O) groups excluding carboxylic acids is 1. The molecule has 2 aliphatic heterocycles. The van der Waals surface area contributed by atoms with E-state index < -0.39 is 35.3 Å². The summed E-state index contributed by atoms with van der Waals surface area (Å²) in [4.78, 5) is 34.5. The maximum Gasteiger partial charge on any atom is 0.425 e. The predicted octanol–water partition coefficient (Wildman–Crippen LogP) is 3.27. The van der Waals surface area contributed by atoms with Crippen LogP contribution in [0.1, 0.15) is 36.0 Å². The van der Waals surface area contributed by atoms with Gasteiger partial charge >= 0.3 is 6.18 Å². The van der Waals surface area contributed by atoms with Gasteiger partial charge in [0.25, 0.3) is 11.5 Å². The Hall–Kier alpha value is -4.68. The van der Waals surface area contributed by atoms with E-state index in [1.54, 1.807) is 35.2 Å². The highest BCUT2D eigenvalue weighted by molar-refractivity contribution is 5.83. The van der Waals surface area contributed by atoms with Crippen molar-refractivity contribution in [2.75, 3.05) is 52.0 Å². The Morgan fingerprint density at radius 2 is 1.74 bits per heavy atom. The Kier molecular flexibility index (Phi) is 10.6. The van der Waals surface area contributed by atoms with Crippen LogP contribution in [0.4, 0.5) is 19.0 Å². The zero-order chi connectivity index (χ0) is 33.6. The number of methoxy groups -OCH3 is 2. The fourth-order valence-corrected chi connectivity index (χ4v) is 5.78. The van der Waals surface area contributed by atoms with Crippen LogP contribution < -0.4 is 19.9 Å². The molecule has 0 saturated carbocycles. The number of nitriles is 1. The van der Waals surface area contributed by atoms with Crippen molar-refractivity contribution in [2.45, 2.75) is 50.2 Å². The van der Waals surface area contributed by atoms with Crippen LogP contribution in [-0.2, 0) is 27.0 Å². The molecule has 0 radical (unpaired) electrons. The van der Waals surface area contributed by atoms with E-state index in [0.717, 1.165) is 29.5 Å². The van der Waals surface area contributed by atoms with Crippen molar-refractivity contribution in [2.24, 2.45) is 0 Å². The first-order chi connectivity index (χ1) is 22.6. The number of carbonyl (C=O) groups is 1. The summed E-state index contributed by atoms with van der Waals surface area (Å²) < 4.78 is 64.9. The summed E-state index contributed by atoms with van der Waals surface area (Å²) in [6, 6.07) is 12.1. The van der Waals surface area contributed by atoms with Gasteiger partial charge < -0.3 is 28.7 Å². The van der Waals surface area contributed by atoms with E-state index in [1.165, 1.54) is 20.4 Å². The van der Waals surface area contributed by atoms with Crippen molar-refractivity contribution in [1.82, 2.24) is 19.7 Å². The van der Waals surface area contributed by atoms with E-state index in [0.29, 0.717) is 42.9 Å². The maximum atomic E-state index is 14.1. The molecule has 15 heteroatoms. The minimum atomic E-state index is -5.02. The van der Waals surface area contributed by atoms with Gasteiger partial charge in [0, 0.05) is 45.4 Å². The van der Waals surface area contributed by atoms with Crippen molar-refractivity contribution >= 4 is 11.7 Å². The Morgan fingerprint density at radius 3 is 2.36 bits per heavy atom. The molecule has 2 saturated heterocycles. The van der Waals surface area contributed by atoms with Gasteiger partial charge in [0.2, 0.25) is 0 Å². The fraction of sp³-hybridized carbons (Fsp3) is 0.469. The van der Waals surface area contributed by atoms with E-state index in [4.69, 9.17) is 24.2 Å². The minimum absolute atomic E-state index is 0.0153. The third-order valence-electron chi connectivity index (χ3n) is 8.21. The highest BCUT2D eigenvalue weighted by Crippen LogP contribution is 2.34. The second kappa shape index (κ2) is 14.8. The third-order valence-corrected chi connectivity index (χ3v) is 8.21. The second-order valence-electron chi connectivity index (χ2n) is 11.3. The Morgan fingerprint density at radius 1 is 1.00 bits per heavy atom. The number of piperidine rings is 1. The van der Waals surface area contributed by atoms with Crippen LogP contribution in [-0.4, -0.2) is 90.9 Å². The van der Waals surface area contributed by atoms with Crippen LogP contribution in [0.2, 0.25) is 0 Å². The lowest BCUT2D eigenvalue weighted by Crippen LogP contribution is -2.47. The second-order valence-corrected chi connectivity index (χ2v) is 11.3. The zero-order valence-corrected chi connectivity index (χ0v) is 26.0. The predicted molar refractivity (Wildman–Crippen MR) is 162 cm³/mol. The third kappa shape index (κ3) is 8.01.